The molecule has 0 fully saturated rings. The summed E-state index contributed by atoms with van der Waals surface area (Å²) in [5, 5.41) is 0. The summed E-state index contributed by atoms with van der Waals surface area (Å²) in [7, 11) is 0. The van der Waals surface area contributed by atoms with Crippen LogP contribution in [-0.4, -0.2) is 27.9 Å². The number of benzene rings is 3. The van der Waals surface area contributed by atoms with E-state index >= 15 is 0 Å². The van der Waals surface area contributed by atoms with Gasteiger partial charge in [-0.25, -0.2) is 4.98 Å². The monoisotopic (exact) mass is 466 g/mol. The zero-order chi connectivity index (χ0) is 24.5. The molecule has 0 aliphatic carbocycles. The van der Waals surface area contributed by atoms with E-state index in [9.17, 15) is 14.4 Å². The van der Waals surface area contributed by atoms with Crippen LogP contribution in [0.1, 0.15) is 23.6 Å². The zero-order valence-electron chi connectivity index (χ0n) is 19.8. The molecule has 5 rings (SSSR count). The summed E-state index contributed by atoms with van der Waals surface area (Å²) in [6.45, 7) is 4.06. The molecule has 0 unspecified atom stereocenters. The Kier molecular flexibility index (Phi) is 5.91. The number of para-hydroxylation sites is 3. The van der Waals surface area contributed by atoms with Crippen LogP contribution in [0.5, 0.6) is 0 Å². The summed E-state index contributed by atoms with van der Waals surface area (Å²) in [5.74, 6) is -0.449. The average Bonchev–Trinajstić information content (AvgIpc) is 3.29. The number of hydrogen-bond acceptors (Lipinski definition) is 4. The summed E-state index contributed by atoms with van der Waals surface area (Å²) >= 11 is 0. The Labute approximate surface area is 203 Å². The van der Waals surface area contributed by atoms with Gasteiger partial charge in [0.2, 0.25) is 17.6 Å². The largest absolute Gasteiger partial charge is 0.310 e. The maximum absolute atomic E-state index is 13.7. The number of rotatable bonds is 5. The number of carbonyl (C=O) groups is 2. The van der Waals surface area contributed by atoms with E-state index in [1.807, 2.05) is 67.6 Å². The van der Waals surface area contributed by atoms with E-state index in [2.05, 4.69) is 4.98 Å². The van der Waals surface area contributed by atoms with Gasteiger partial charge in [0.1, 0.15) is 6.54 Å². The highest BCUT2D eigenvalue weighted by Gasteiger charge is 2.27. The molecular weight excluding hydrogens is 440 g/mol. The zero-order valence-corrected chi connectivity index (χ0v) is 19.8. The summed E-state index contributed by atoms with van der Waals surface area (Å²) in [5.41, 5.74) is 4.63. The molecule has 35 heavy (non-hydrogen) atoms. The van der Waals surface area contributed by atoms with Crippen LogP contribution in [0.3, 0.4) is 0 Å². The second-order valence-electron chi connectivity index (χ2n) is 8.83. The second kappa shape index (κ2) is 9.18. The van der Waals surface area contributed by atoms with E-state index in [4.69, 9.17) is 0 Å². The predicted octanol–water partition coefficient (Wildman–Crippen LogP) is 3.85. The summed E-state index contributed by atoms with van der Waals surface area (Å²) in [6, 6.07) is 22.8. The average molecular weight is 467 g/mol. The van der Waals surface area contributed by atoms with Crippen LogP contribution < -0.4 is 15.4 Å². The SMILES string of the molecule is CC(=O)N(Cc1ccc(C)cc1)c1nc2ccccc2n(CC(=O)N2CCc3ccccc32)c1=O. The van der Waals surface area contributed by atoms with E-state index in [0.717, 1.165) is 28.8 Å². The minimum absolute atomic E-state index is 0.0198. The molecule has 0 radical (unpaired) electrons. The molecule has 1 aliphatic rings. The number of hydrogen-bond donors (Lipinski definition) is 0. The maximum atomic E-state index is 13.7. The lowest BCUT2D eigenvalue weighted by Crippen LogP contribution is -2.39. The lowest BCUT2D eigenvalue weighted by atomic mass is 10.1. The normalized spacial score (nSPS) is 12.6. The van der Waals surface area contributed by atoms with Gasteiger partial charge in [-0.1, -0.05) is 60.2 Å². The number of aryl methyl sites for hydroxylation is 1. The Morgan fingerprint density at radius 1 is 0.971 bits per heavy atom. The molecule has 0 saturated heterocycles. The van der Waals surface area contributed by atoms with E-state index < -0.39 is 5.56 Å². The minimum Gasteiger partial charge on any atom is -0.310 e. The van der Waals surface area contributed by atoms with Crippen LogP contribution in [0.2, 0.25) is 0 Å². The summed E-state index contributed by atoms with van der Waals surface area (Å²) in [4.78, 5) is 47.4. The maximum Gasteiger partial charge on any atom is 0.294 e. The smallest absolute Gasteiger partial charge is 0.294 e. The number of anilines is 2. The van der Waals surface area contributed by atoms with Crippen molar-refractivity contribution in [1.82, 2.24) is 9.55 Å². The van der Waals surface area contributed by atoms with Gasteiger partial charge >= 0.3 is 0 Å². The Morgan fingerprint density at radius 3 is 2.46 bits per heavy atom. The number of amides is 2. The Bertz CT molecular complexity index is 1490. The van der Waals surface area contributed by atoms with Gasteiger partial charge in [0.15, 0.2) is 0 Å². The fourth-order valence-corrected chi connectivity index (χ4v) is 4.54. The van der Waals surface area contributed by atoms with Gasteiger partial charge in [-0.15, -0.1) is 0 Å². The highest BCUT2D eigenvalue weighted by atomic mass is 16.2. The topological polar surface area (TPSA) is 75.5 Å². The van der Waals surface area contributed by atoms with Gasteiger partial charge in [-0.05, 0) is 42.7 Å². The molecule has 1 aromatic heterocycles. The van der Waals surface area contributed by atoms with E-state index in [-0.39, 0.29) is 30.7 Å². The molecule has 176 valence electrons. The molecular formula is C28H26N4O3. The minimum atomic E-state index is -0.466. The number of fused-ring (bicyclic) bond motifs is 2. The fourth-order valence-electron chi connectivity index (χ4n) is 4.54. The van der Waals surface area contributed by atoms with Crippen LogP contribution >= 0.6 is 0 Å². The van der Waals surface area contributed by atoms with Crippen molar-refractivity contribution < 1.29 is 9.59 Å². The van der Waals surface area contributed by atoms with E-state index in [1.54, 1.807) is 17.0 Å². The fraction of sp³-hybridized carbons (Fsp3) is 0.214. The molecule has 3 aromatic carbocycles. The quantitative estimate of drug-likeness (QED) is 0.448. The van der Waals surface area contributed by atoms with Gasteiger partial charge in [-0.3, -0.25) is 23.9 Å². The third-order valence-corrected chi connectivity index (χ3v) is 6.41. The molecule has 2 heterocycles. The van der Waals surface area contributed by atoms with Crippen molar-refractivity contribution in [2.24, 2.45) is 0 Å². The Morgan fingerprint density at radius 2 is 1.69 bits per heavy atom. The molecule has 7 heteroatoms. The van der Waals surface area contributed by atoms with Crippen LogP contribution in [0.25, 0.3) is 11.0 Å². The van der Waals surface area contributed by atoms with Crippen molar-refractivity contribution >= 4 is 34.4 Å². The predicted molar refractivity (Wildman–Crippen MR) is 137 cm³/mol. The van der Waals surface area contributed by atoms with Gasteiger partial charge in [0, 0.05) is 19.2 Å². The second-order valence-corrected chi connectivity index (χ2v) is 8.83. The molecule has 0 spiro atoms. The van der Waals surface area contributed by atoms with E-state index in [0.29, 0.717) is 17.6 Å². The lowest BCUT2D eigenvalue weighted by molar-refractivity contribution is -0.119. The highest BCUT2D eigenvalue weighted by Crippen LogP contribution is 2.28. The van der Waals surface area contributed by atoms with Crippen molar-refractivity contribution in [1.29, 1.82) is 0 Å². The van der Waals surface area contributed by atoms with Crippen molar-refractivity contribution in [2.45, 2.75) is 33.4 Å². The first-order valence-electron chi connectivity index (χ1n) is 11.6. The van der Waals surface area contributed by atoms with Crippen LogP contribution in [-0.2, 0) is 29.1 Å². The molecule has 1 aliphatic heterocycles. The van der Waals surface area contributed by atoms with Crippen LogP contribution in [0.15, 0.2) is 77.6 Å². The molecule has 0 bridgehead atoms. The van der Waals surface area contributed by atoms with Gasteiger partial charge in [0.05, 0.1) is 17.6 Å². The first-order valence-corrected chi connectivity index (χ1v) is 11.6. The molecule has 0 N–H and O–H groups in total. The van der Waals surface area contributed by atoms with Gasteiger partial charge < -0.3 is 4.90 Å². The van der Waals surface area contributed by atoms with Crippen molar-refractivity contribution in [2.75, 3.05) is 16.3 Å². The Hall–Kier alpha value is -4.26. The van der Waals surface area contributed by atoms with Crippen molar-refractivity contribution in [3.8, 4) is 0 Å². The van der Waals surface area contributed by atoms with Gasteiger partial charge in [-0.2, -0.15) is 0 Å². The highest BCUT2D eigenvalue weighted by molar-refractivity contribution is 5.96. The molecule has 0 atom stereocenters. The summed E-state index contributed by atoms with van der Waals surface area (Å²) < 4.78 is 1.44. The third-order valence-electron chi connectivity index (χ3n) is 6.41. The first kappa shape index (κ1) is 22.5. The van der Waals surface area contributed by atoms with Crippen molar-refractivity contribution in [3.63, 3.8) is 0 Å². The van der Waals surface area contributed by atoms with Crippen LogP contribution in [0, 0.1) is 6.92 Å². The standard InChI is InChI=1S/C28H26N4O3/c1-19-11-13-21(14-12-19)17-31(20(2)33)27-28(35)32(25-10-6-4-8-23(25)29-27)18-26(34)30-16-15-22-7-3-5-9-24(22)30/h3-14H,15-18H2,1-2H3. The Balaban J connectivity index is 1.56. The molecule has 0 saturated carbocycles. The van der Waals surface area contributed by atoms with Crippen LogP contribution in [0.4, 0.5) is 11.5 Å². The van der Waals surface area contributed by atoms with Gasteiger partial charge in [0.25, 0.3) is 5.56 Å². The first-order chi connectivity index (χ1) is 16.9. The summed E-state index contributed by atoms with van der Waals surface area (Å²) in [6.07, 6.45) is 0.786. The third kappa shape index (κ3) is 4.33. The molecule has 2 amide bonds. The lowest BCUT2D eigenvalue weighted by Gasteiger charge is -2.23. The number of nitrogens with zero attached hydrogens (tertiary/aromatic N) is 4. The van der Waals surface area contributed by atoms with E-state index in [1.165, 1.54) is 16.4 Å². The molecule has 4 aromatic rings. The number of aromatic nitrogens is 2. The number of carbonyl (C=O) groups excluding carboxylic acids is 2. The molecule has 7 nitrogen and oxygen atoms in total. The van der Waals surface area contributed by atoms with Crippen molar-refractivity contribution in [3.05, 3.63) is 99.8 Å².